The summed E-state index contributed by atoms with van der Waals surface area (Å²) < 4.78 is 5.34. The number of nitrogens with zero attached hydrogens (tertiary/aromatic N) is 2. The molecule has 1 unspecified atom stereocenters. The van der Waals surface area contributed by atoms with Gasteiger partial charge in [-0.05, 0) is 37.1 Å². The lowest BCUT2D eigenvalue weighted by molar-refractivity contribution is -0.133. The Hall–Kier alpha value is -2.96. The van der Waals surface area contributed by atoms with E-state index in [0.717, 1.165) is 39.4 Å². The van der Waals surface area contributed by atoms with Gasteiger partial charge in [0.05, 0.1) is 11.8 Å². The van der Waals surface area contributed by atoms with E-state index in [1.807, 2.05) is 61.2 Å². The Kier molecular flexibility index (Phi) is 3.69. The lowest BCUT2D eigenvalue weighted by atomic mass is 9.79. The molecule has 6 nitrogen and oxygen atoms in total. The number of β-amino-alcohol motifs (C(OH)–C–C–N with tert-alkyl or cyclic N) is 1. The maximum atomic E-state index is 13.4. The molecule has 3 heterocycles. The van der Waals surface area contributed by atoms with E-state index in [1.54, 1.807) is 0 Å². The largest absolute Gasteiger partial charge is 0.390 e. The number of hydrogen-bond donors (Lipinski definition) is 2. The lowest BCUT2D eigenvalue weighted by Gasteiger charge is -2.48. The molecule has 28 heavy (non-hydrogen) atoms. The van der Waals surface area contributed by atoms with E-state index in [-0.39, 0.29) is 5.91 Å². The van der Waals surface area contributed by atoms with E-state index in [9.17, 15) is 9.90 Å². The minimum Gasteiger partial charge on any atom is -0.390 e. The lowest BCUT2D eigenvalue weighted by Crippen LogP contribution is -2.63. The maximum Gasteiger partial charge on any atom is 0.254 e. The van der Waals surface area contributed by atoms with E-state index < -0.39 is 11.6 Å². The molecule has 0 spiro atoms. The molecule has 2 N–H and O–H groups in total. The van der Waals surface area contributed by atoms with Crippen LogP contribution in [0.2, 0.25) is 0 Å². The van der Waals surface area contributed by atoms with Crippen molar-refractivity contribution in [1.82, 2.24) is 10.1 Å². The first-order valence-electron chi connectivity index (χ1n) is 9.39. The van der Waals surface area contributed by atoms with Crippen LogP contribution in [0.3, 0.4) is 0 Å². The summed E-state index contributed by atoms with van der Waals surface area (Å²) in [5, 5.41) is 17.1. The molecule has 1 atom stereocenters. The molecule has 1 saturated heterocycles. The number of rotatable bonds is 3. The number of fused-ring (bicyclic) bond motifs is 1. The van der Waals surface area contributed by atoms with Crippen molar-refractivity contribution in [3.63, 3.8) is 0 Å². The second-order valence-electron chi connectivity index (χ2n) is 7.55. The van der Waals surface area contributed by atoms with Gasteiger partial charge in [-0.15, -0.1) is 0 Å². The van der Waals surface area contributed by atoms with Crippen LogP contribution >= 0.6 is 0 Å². The number of aryl methyl sites for hydroxylation is 2. The molecule has 0 bridgehead atoms. The standard InChI is InChI=1S/C22H21N3O3/c1-13-20(14(2)28-24-13)15-8-9-19-18(10-15)22(21(27)23-19,25-11-17(26)12-25)16-6-4-3-5-7-16/h3-10,17,26H,11-12H2,1-2H3,(H,23,27). The predicted octanol–water partition coefficient (Wildman–Crippen LogP) is 2.83. The van der Waals surface area contributed by atoms with Gasteiger partial charge in [-0.3, -0.25) is 9.69 Å². The molecule has 2 aromatic carbocycles. The van der Waals surface area contributed by atoms with Crippen molar-refractivity contribution in [3.8, 4) is 11.1 Å². The number of hydrogen-bond acceptors (Lipinski definition) is 5. The van der Waals surface area contributed by atoms with Crippen LogP contribution in [0.5, 0.6) is 0 Å². The SMILES string of the molecule is Cc1noc(C)c1-c1ccc2c(c1)C(c1ccccc1)(N1CC(O)C1)C(=O)N2. The van der Waals surface area contributed by atoms with Crippen LogP contribution in [0.1, 0.15) is 22.6 Å². The molecular weight excluding hydrogens is 354 g/mol. The van der Waals surface area contributed by atoms with Gasteiger partial charge < -0.3 is 14.9 Å². The normalized spacial score (nSPS) is 22.0. The van der Waals surface area contributed by atoms with Gasteiger partial charge in [-0.2, -0.15) is 0 Å². The second-order valence-corrected chi connectivity index (χ2v) is 7.55. The highest BCUT2D eigenvalue weighted by molar-refractivity contribution is 6.09. The molecule has 5 rings (SSSR count). The van der Waals surface area contributed by atoms with Crippen LogP contribution in [0, 0.1) is 13.8 Å². The molecule has 0 saturated carbocycles. The molecule has 1 fully saturated rings. The minimum atomic E-state index is -0.954. The third-order valence-corrected chi connectivity index (χ3v) is 5.84. The first kappa shape index (κ1) is 17.2. The number of aliphatic hydroxyl groups excluding tert-OH is 1. The highest BCUT2D eigenvalue weighted by atomic mass is 16.5. The molecule has 142 valence electrons. The zero-order valence-corrected chi connectivity index (χ0v) is 15.8. The van der Waals surface area contributed by atoms with E-state index in [1.165, 1.54) is 0 Å². The van der Waals surface area contributed by atoms with Crippen LogP contribution in [-0.4, -0.2) is 40.3 Å². The Morgan fingerprint density at radius 2 is 1.93 bits per heavy atom. The van der Waals surface area contributed by atoms with Crippen molar-refractivity contribution >= 4 is 11.6 Å². The molecule has 1 amide bonds. The second kappa shape index (κ2) is 6.02. The van der Waals surface area contributed by atoms with E-state index in [0.29, 0.717) is 13.1 Å². The Morgan fingerprint density at radius 1 is 1.18 bits per heavy atom. The fraction of sp³-hybridized carbons (Fsp3) is 0.273. The van der Waals surface area contributed by atoms with Crippen molar-refractivity contribution in [1.29, 1.82) is 0 Å². The van der Waals surface area contributed by atoms with Gasteiger partial charge in [0.25, 0.3) is 5.91 Å². The number of anilines is 1. The number of benzene rings is 2. The number of aliphatic hydroxyl groups is 1. The van der Waals surface area contributed by atoms with E-state index >= 15 is 0 Å². The van der Waals surface area contributed by atoms with Crippen molar-refractivity contribution in [2.45, 2.75) is 25.5 Å². The van der Waals surface area contributed by atoms with Crippen molar-refractivity contribution in [2.24, 2.45) is 0 Å². The number of amides is 1. The smallest absolute Gasteiger partial charge is 0.254 e. The molecule has 0 aliphatic carbocycles. The van der Waals surface area contributed by atoms with Gasteiger partial charge in [-0.25, -0.2) is 0 Å². The summed E-state index contributed by atoms with van der Waals surface area (Å²) in [4.78, 5) is 15.4. The van der Waals surface area contributed by atoms with E-state index in [2.05, 4.69) is 16.5 Å². The van der Waals surface area contributed by atoms with Gasteiger partial charge in [0, 0.05) is 29.9 Å². The fourth-order valence-electron chi connectivity index (χ4n) is 4.53. The van der Waals surface area contributed by atoms with Gasteiger partial charge in [0.15, 0.2) is 5.54 Å². The van der Waals surface area contributed by atoms with Crippen LogP contribution in [0.15, 0.2) is 53.1 Å². The molecule has 3 aromatic rings. The molecule has 1 aromatic heterocycles. The summed E-state index contributed by atoms with van der Waals surface area (Å²) >= 11 is 0. The van der Waals surface area contributed by atoms with Gasteiger partial charge in [-0.1, -0.05) is 41.6 Å². The molecule has 6 heteroatoms. The first-order valence-corrected chi connectivity index (χ1v) is 9.39. The fourth-order valence-corrected chi connectivity index (χ4v) is 4.53. The van der Waals surface area contributed by atoms with Crippen LogP contribution in [0.4, 0.5) is 5.69 Å². The molecular formula is C22H21N3O3. The van der Waals surface area contributed by atoms with Crippen molar-refractivity contribution in [2.75, 3.05) is 18.4 Å². The van der Waals surface area contributed by atoms with Gasteiger partial charge in [0.2, 0.25) is 0 Å². The highest BCUT2D eigenvalue weighted by Gasteiger charge is 2.55. The summed E-state index contributed by atoms with van der Waals surface area (Å²) in [6.07, 6.45) is -0.414. The van der Waals surface area contributed by atoms with Crippen LogP contribution < -0.4 is 5.32 Å². The monoisotopic (exact) mass is 375 g/mol. The zero-order chi connectivity index (χ0) is 19.5. The Balaban J connectivity index is 1.75. The first-order chi connectivity index (χ1) is 13.5. The summed E-state index contributed by atoms with van der Waals surface area (Å²) in [6, 6.07) is 15.7. The zero-order valence-electron chi connectivity index (χ0n) is 15.8. The molecule has 2 aliphatic heterocycles. The summed E-state index contributed by atoms with van der Waals surface area (Å²) in [5.74, 6) is 0.663. The van der Waals surface area contributed by atoms with Crippen molar-refractivity contribution in [3.05, 3.63) is 71.1 Å². The maximum absolute atomic E-state index is 13.4. The van der Waals surface area contributed by atoms with Gasteiger partial charge in [0.1, 0.15) is 5.76 Å². The third-order valence-electron chi connectivity index (χ3n) is 5.84. The quantitative estimate of drug-likeness (QED) is 0.736. The summed E-state index contributed by atoms with van der Waals surface area (Å²) in [6.45, 7) is 4.72. The predicted molar refractivity (Wildman–Crippen MR) is 105 cm³/mol. The number of nitrogens with one attached hydrogen (secondary N) is 1. The summed E-state index contributed by atoms with van der Waals surface area (Å²) in [7, 11) is 0. The van der Waals surface area contributed by atoms with Crippen LogP contribution in [-0.2, 0) is 10.3 Å². The van der Waals surface area contributed by atoms with Gasteiger partial charge >= 0.3 is 0 Å². The van der Waals surface area contributed by atoms with E-state index in [4.69, 9.17) is 4.52 Å². The topological polar surface area (TPSA) is 78.6 Å². The Morgan fingerprint density at radius 3 is 2.57 bits per heavy atom. The number of carbonyl (C=O) groups excluding carboxylic acids is 1. The third kappa shape index (κ3) is 2.22. The van der Waals surface area contributed by atoms with Crippen LogP contribution in [0.25, 0.3) is 11.1 Å². The minimum absolute atomic E-state index is 0.0866. The number of carbonyl (C=O) groups is 1. The molecule has 2 aliphatic rings. The summed E-state index contributed by atoms with van der Waals surface area (Å²) in [5.41, 5.74) is 4.37. The number of likely N-dealkylation sites (tertiary alicyclic amines) is 1. The Labute approximate surface area is 162 Å². The Bertz CT molecular complexity index is 1050. The molecule has 0 radical (unpaired) electrons. The van der Waals surface area contributed by atoms with Crippen molar-refractivity contribution < 1.29 is 14.4 Å². The average Bonchev–Trinajstić information content (AvgIpc) is 3.15. The highest BCUT2D eigenvalue weighted by Crippen LogP contribution is 2.48. The number of aromatic nitrogens is 1. The average molecular weight is 375 g/mol.